The molecular weight excluding hydrogens is 330 g/mol. The zero-order chi connectivity index (χ0) is 14.9. The fourth-order valence-corrected chi connectivity index (χ4v) is 5.55. The zero-order valence-corrected chi connectivity index (χ0v) is 13.8. The van der Waals surface area contributed by atoms with Gasteiger partial charge in [0.05, 0.1) is 11.7 Å². The van der Waals surface area contributed by atoms with E-state index in [1.54, 1.807) is 22.5 Å². The van der Waals surface area contributed by atoms with Crippen LogP contribution in [0, 0.1) is 0 Å². The topological polar surface area (TPSA) is 63.2 Å². The number of halogens is 1. The minimum Gasteiger partial charge on any atom is -0.207 e. The minimum atomic E-state index is -3.55. The molecule has 2 aromatic rings. The van der Waals surface area contributed by atoms with Crippen molar-refractivity contribution in [1.82, 2.24) is 13.1 Å². The van der Waals surface area contributed by atoms with Crippen LogP contribution in [0.4, 0.5) is 0 Å². The highest BCUT2D eigenvalue weighted by Gasteiger charge is 2.34. The van der Waals surface area contributed by atoms with Crippen molar-refractivity contribution < 1.29 is 8.42 Å². The Hall–Kier alpha value is -0.760. The molecule has 114 valence electrons. The molecule has 21 heavy (non-hydrogen) atoms. The highest BCUT2D eigenvalue weighted by molar-refractivity contribution is 7.89. The Morgan fingerprint density at radius 2 is 2.19 bits per heavy atom. The maximum Gasteiger partial charge on any atom is 0.245 e. The first-order valence-electron chi connectivity index (χ1n) is 6.93. The lowest BCUT2D eigenvalue weighted by Crippen LogP contribution is -2.43. The van der Waals surface area contributed by atoms with E-state index < -0.39 is 10.0 Å². The summed E-state index contributed by atoms with van der Waals surface area (Å²) in [5.74, 6) is 0.471. The Bertz CT molecular complexity index is 730. The normalized spacial score (nSPS) is 20.9. The van der Waals surface area contributed by atoms with Crippen molar-refractivity contribution in [2.45, 2.75) is 36.6 Å². The molecule has 1 aliphatic rings. The number of hydrogen-bond acceptors (Lipinski definition) is 5. The summed E-state index contributed by atoms with van der Waals surface area (Å²) < 4.78 is 35.9. The summed E-state index contributed by atoms with van der Waals surface area (Å²) >= 11 is 6.87. The van der Waals surface area contributed by atoms with E-state index in [9.17, 15) is 8.42 Å². The largest absolute Gasteiger partial charge is 0.245 e. The predicted molar refractivity (Wildman–Crippen MR) is 84.3 cm³/mol. The standard InChI is InChI=1S/C13H16ClN3O2S2/c14-8-7-10-4-1-2-9-17(10)21(18,19)12-6-3-5-11-13(12)16-20-15-11/h3,5-6,10H,1-2,4,7-9H2. The number of sulfonamides is 1. The molecule has 1 atom stereocenters. The second kappa shape index (κ2) is 6.16. The van der Waals surface area contributed by atoms with Crippen LogP contribution >= 0.6 is 23.3 Å². The molecule has 0 amide bonds. The van der Waals surface area contributed by atoms with Crippen LogP contribution in [0.15, 0.2) is 23.1 Å². The average molecular weight is 346 g/mol. The van der Waals surface area contributed by atoms with Crippen LogP contribution in [0.5, 0.6) is 0 Å². The number of alkyl halides is 1. The monoisotopic (exact) mass is 345 g/mol. The van der Waals surface area contributed by atoms with Crippen LogP contribution in [-0.4, -0.2) is 39.9 Å². The number of fused-ring (bicyclic) bond motifs is 1. The lowest BCUT2D eigenvalue weighted by Gasteiger charge is -2.34. The molecule has 0 aliphatic carbocycles. The maximum absolute atomic E-state index is 13.0. The van der Waals surface area contributed by atoms with Crippen molar-refractivity contribution in [3.63, 3.8) is 0 Å². The fourth-order valence-electron chi connectivity index (χ4n) is 2.82. The summed E-state index contributed by atoms with van der Waals surface area (Å²) in [7, 11) is -3.55. The summed E-state index contributed by atoms with van der Waals surface area (Å²) in [5, 5.41) is 0. The Morgan fingerprint density at radius 1 is 1.33 bits per heavy atom. The lowest BCUT2D eigenvalue weighted by atomic mass is 10.0. The molecule has 0 N–H and O–H groups in total. The summed E-state index contributed by atoms with van der Waals surface area (Å²) in [6, 6.07) is 5.11. The molecule has 0 saturated carbocycles. The summed E-state index contributed by atoms with van der Waals surface area (Å²) in [4.78, 5) is 0.259. The van der Waals surface area contributed by atoms with Gasteiger partial charge < -0.3 is 0 Å². The second-order valence-electron chi connectivity index (χ2n) is 5.13. The van der Waals surface area contributed by atoms with Gasteiger partial charge in [-0.3, -0.25) is 0 Å². The minimum absolute atomic E-state index is 0.0110. The van der Waals surface area contributed by atoms with Gasteiger partial charge in [-0.15, -0.1) is 11.6 Å². The van der Waals surface area contributed by atoms with Crippen molar-refractivity contribution in [2.24, 2.45) is 0 Å². The van der Waals surface area contributed by atoms with Gasteiger partial charge in [0, 0.05) is 18.5 Å². The van der Waals surface area contributed by atoms with Crippen LogP contribution in [0.2, 0.25) is 0 Å². The Balaban J connectivity index is 2.04. The number of aromatic nitrogens is 2. The van der Waals surface area contributed by atoms with Crippen molar-refractivity contribution >= 4 is 44.4 Å². The first-order valence-corrected chi connectivity index (χ1v) is 9.64. The van der Waals surface area contributed by atoms with Crippen LogP contribution in [0.25, 0.3) is 11.0 Å². The SMILES string of the molecule is O=S(=O)(c1cccc2nsnc12)N1CCCCC1CCCl. The van der Waals surface area contributed by atoms with E-state index in [-0.39, 0.29) is 10.9 Å². The van der Waals surface area contributed by atoms with Gasteiger partial charge >= 0.3 is 0 Å². The Kier molecular flexibility index (Phi) is 4.44. The summed E-state index contributed by atoms with van der Waals surface area (Å²) in [6.45, 7) is 0.553. The van der Waals surface area contributed by atoms with Crippen molar-refractivity contribution in [1.29, 1.82) is 0 Å². The van der Waals surface area contributed by atoms with Gasteiger partial charge in [-0.1, -0.05) is 12.5 Å². The van der Waals surface area contributed by atoms with Gasteiger partial charge in [-0.2, -0.15) is 13.1 Å². The number of rotatable bonds is 4. The van der Waals surface area contributed by atoms with E-state index in [1.165, 1.54) is 0 Å². The number of piperidine rings is 1. The molecule has 1 aliphatic heterocycles. The number of benzene rings is 1. The molecule has 1 aromatic carbocycles. The molecule has 1 fully saturated rings. The zero-order valence-electron chi connectivity index (χ0n) is 11.4. The molecule has 5 nitrogen and oxygen atoms in total. The smallest absolute Gasteiger partial charge is 0.207 e. The van der Waals surface area contributed by atoms with Crippen LogP contribution < -0.4 is 0 Å². The third-order valence-corrected chi connectivity index (χ3v) is 6.60. The van der Waals surface area contributed by atoms with Gasteiger partial charge in [-0.05, 0) is 31.4 Å². The number of hydrogen-bond donors (Lipinski definition) is 0. The summed E-state index contributed by atoms with van der Waals surface area (Å²) in [6.07, 6.45) is 3.50. The Labute approximate surface area is 133 Å². The van der Waals surface area contributed by atoms with Crippen molar-refractivity contribution in [2.75, 3.05) is 12.4 Å². The van der Waals surface area contributed by atoms with Gasteiger partial charge in [0.2, 0.25) is 10.0 Å². The summed E-state index contributed by atoms with van der Waals surface area (Å²) in [5.41, 5.74) is 1.10. The molecular formula is C13H16ClN3O2S2. The molecule has 1 aromatic heterocycles. The fraction of sp³-hybridized carbons (Fsp3) is 0.538. The molecule has 8 heteroatoms. The van der Waals surface area contributed by atoms with Crippen molar-refractivity contribution in [3.05, 3.63) is 18.2 Å². The molecule has 0 bridgehead atoms. The van der Waals surface area contributed by atoms with E-state index in [0.29, 0.717) is 29.9 Å². The van der Waals surface area contributed by atoms with E-state index in [4.69, 9.17) is 11.6 Å². The average Bonchev–Trinajstić information content (AvgIpc) is 2.96. The van der Waals surface area contributed by atoms with E-state index in [0.717, 1.165) is 31.0 Å². The lowest BCUT2D eigenvalue weighted by molar-refractivity contribution is 0.247. The first-order chi connectivity index (χ1) is 10.1. The van der Waals surface area contributed by atoms with Crippen molar-refractivity contribution in [3.8, 4) is 0 Å². The van der Waals surface area contributed by atoms with Gasteiger partial charge in [-0.25, -0.2) is 8.42 Å². The molecule has 0 spiro atoms. The molecule has 3 rings (SSSR count). The van der Waals surface area contributed by atoms with Gasteiger partial charge in [0.1, 0.15) is 15.9 Å². The third kappa shape index (κ3) is 2.79. The third-order valence-electron chi connectivity index (χ3n) is 3.85. The first kappa shape index (κ1) is 15.1. The molecule has 1 unspecified atom stereocenters. The Morgan fingerprint density at radius 3 is 3.00 bits per heavy atom. The predicted octanol–water partition coefficient (Wildman–Crippen LogP) is 2.86. The molecule has 0 radical (unpaired) electrons. The van der Waals surface area contributed by atoms with E-state index in [1.807, 2.05) is 0 Å². The van der Waals surface area contributed by atoms with Crippen LogP contribution in [0.1, 0.15) is 25.7 Å². The quantitative estimate of drug-likeness (QED) is 0.799. The van der Waals surface area contributed by atoms with E-state index >= 15 is 0 Å². The van der Waals surface area contributed by atoms with E-state index in [2.05, 4.69) is 8.75 Å². The van der Waals surface area contributed by atoms with Gasteiger partial charge in [0.15, 0.2) is 0 Å². The highest BCUT2D eigenvalue weighted by atomic mass is 35.5. The van der Waals surface area contributed by atoms with Crippen LogP contribution in [-0.2, 0) is 10.0 Å². The molecule has 1 saturated heterocycles. The van der Waals surface area contributed by atoms with Gasteiger partial charge in [0.25, 0.3) is 0 Å². The van der Waals surface area contributed by atoms with Crippen LogP contribution in [0.3, 0.4) is 0 Å². The maximum atomic E-state index is 13.0. The number of nitrogens with zero attached hydrogens (tertiary/aromatic N) is 3. The second-order valence-corrected chi connectivity index (χ2v) is 7.90. The molecule has 2 heterocycles. The highest BCUT2D eigenvalue weighted by Crippen LogP contribution is 2.30.